The first-order valence-electron chi connectivity index (χ1n) is 6.38. The molecule has 1 amide bonds. The first-order valence-corrected chi connectivity index (χ1v) is 6.38. The number of ketones is 1. The highest BCUT2D eigenvalue weighted by molar-refractivity contribution is 5.97. The molecule has 0 unspecified atom stereocenters. The van der Waals surface area contributed by atoms with Gasteiger partial charge < -0.3 is 10.1 Å². The molecule has 0 bridgehead atoms. The van der Waals surface area contributed by atoms with Crippen LogP contribution in [0, 0.1) is 13.8 Å². The number of amides is 1. The number of hydrogen-bond acceptors (Lipinski definition) is 4. The van der Waals surface area contributed by atoms with Crippen LogP contribution < -0.4 is 5.32 Å². The molecule has 1 aromatic carbocycles. The fourth-order valence-electron chi connectivity index (χ4n) is 1.60. The Morgan fingerprint density at radius 2 is 1.80 bits per heavy atom. The summed E-state index contributed by atoms with van der Waals surface area (Å²) in [6.07, 6.45) is 0.106. The number of carbonyl (C=O) groups excluding carboxylic acids is 3. The molecule has 0 aliphatic carbocycles. The number of aryl methyl sites for hydroxylation is 2. The van der Waals surface area contributed by atoms with E-state index in [9.17, 15) is 14.4 Å². The van der Waals surface area contributed by atoms with Gasteiger partial charge in [-0.2, -0.15) is 0 Å². The van der Waals surface area contributed by atoms with Crippen molar-refractivity contribution in [3.05, 3.63) is 34.9 Å². The first kappa shape index (κ1) is 15.9. The molecular weight excluding hydrogens is 258 g/mol. The minimum absolute atomic E-state index is 0.0366. The van der Waals surface area contributed by atoms with E-state index >= 15 is 0 Å². The van der Waals surface area contributed by atoms with Crippen molar-refractivity contribution in [3.8, 4) is 0 Å². The van der Waals surface area contributed by atoms with Gasteiger partial charge in [-0.3, -0.25) is 14.4 Å². The van der Waals surface area contributed by atoms with E-state index in [2.05, 4.69) is 10.1 Å². The Labute approximate surface area is 118 Å². The van der Waals surface area contributed by atoms with Crippen molar-refractivity contribution >= 4 is 17.7 Å². The van der Waals surface area contributed by atoms with Crippen LogP contribution in [0.15, 0.2) is 18.2 Å². The molecule has 0 aromatic heterocycles. The van der Waals surface area contributed by atoms with Crippen molar-refractivity contribution in [2.45, 2.75) is 26.7 Å². The van der Waals surface area contributed by atoms with Crippen LogP contribution in [0.1, 0.15) is 34.3 Å². The smallest absolute Gasteiger partial charge is 0.305 e. The molecule has 5 nitrogen and oxygen atoms in total. The maximum absolute atomic E-state index is 11.9. The number of hydrogen-bond donors (Lipinski definition) is 1. The average molecular weight is 277 g/mol. The van der Waals surface area contributed by atoms with Crippen LogP contribution in [0.3, 0.4) is 0 Å². The topological polar surface area (TPSA) is 72.5 Å². The molecule has 108 valence electrons. The number of benzene rings is 1. The summed E-state index contributed by atoms with van der Waals surface area (Å²) in [6.45, 7) is 3.81. The Morgan fingerprint density at radius 3 is 2.40 bits per heavy atom. The molecule has 1 rings (SSSR count). The molecule has 1 N–H and O–H groups in total. The van der Waals surface area contributed by atoms with Crippen LogP contribution in [-0.4, -0.2) is 31.3 Å². The number of rotatable bonds is 6. The SMILES string of the molecule is COC(=O)CCC(=O)CNC(=O)c1ccc(C)c(C)c1. The van der Waals surface area contributed by atoms with E-state index in [4.69, 9.17) is 0 Å². The van der Waals surface area contributed by atoms with Crippen LogP contribution in [-0.2, 0) is 14.3 Å². The lowest BCUT2D eigenvalue weighted by Gasteiger charge is -2.06. The van der Waals surface area contributed by atoms with E-state index in [0.29, 0.717) is 5.56 Å². The van der Waals surface area contributed by atoms with E-state index < -0.39 is 5.97 Å². The summed E-state index contributed by atoms with van der Waals surface area (Å²) < 4.78 is 4.44. The monoisotopic (exact) mass is 277 g/mol. The minimum Gasteiger partial charge on any atom is -0.469 e. The Balaban J connectivity index is 2.44. The van der Waals surface area contributed by atoms with Crippen molar-refractivity contribution in [1.82, 2.24) is 5.32 Å². The summed E-state index contributed by atoms with van der Waals surface area (Å²) in [7, 11) is 1.27. The van der Waals surface area contributed by atoms with Crippen LogP contribution in [0.5, 0.6) is 0 Å². The van der Waals surface area contributed by atoms with Crippen LogP contribution >= 0.6 is 0 Å². The number of nitrogens with one attached hydrogen (secondary N) is 1. The molecular formula is C15H19NO4. The number of Topliss-reactive ketones (excluding diaryl/α,β-unsaturated/α-hetero) is 1. The third-order valence-corrected chi connectivity index (χ3v) is 3.05. The van der Waals surface area contributed by atoms with Gasteiger partial charge in [-0.25, -0.2) is 0 Å². The quantitative estimate of drug-likeness (QED) is 0.801. The zero-order valence-electron chi connectivity index (χ0n) is 12.0. The van der Waals surface area contributed by atoms with Crippen LogP contribution in [0.25, 0.3) is 0 Å². The second-order valence-electron chi connectivity index (χ2n) is 4.60. The first-order chi connectivity index (χ1) is 9.43. The predicted octanol–water partition coefficient (Wildman–Crippen LogP) is 1.56. The molecule has 20 heavy (non-hydrogen) atoms. The van der Waals surface area contributed by atoms with Gasteiger partial charge in [0.2, 0.25) is 0 Å². The Hall–Kier alpha value is -2.17. The Kier molecular flexibility index (Phi) is 5.90. The van der Waals surface area contributed by atoms with E-state index in [0.717, 1.165) is 11.1 Å². The number of carbonyl (C=O) groups is 3. The Morgan fingerprint density at radius 1 is 1.10 bits per heavy atom. The summed E-state index contributed by atoms with van der Waals surface area (Å²) in [5.74, 6) is -0.925. The zero-order chi connectivity index (χ0) is 15.1. The summed E-state index contributed by atoms with van der Waals surface area (Å²) in [6, 6.07) is 5.36. The third kappa shape index (κ3) is 4.84. The molecule has 0 radical (unpaired) electrons. The molecule has 5 heteroatoms. The lowest BCUT2D eigenvalue weighted by molar-refractivity contribution is -0.141. The van der Waals surface area contributed by atoms with Crippen molar-refractivity contribution in [1.29, 1.82) is 0 Å². The highest BCUT2D eigenvalue weighted by Gasteiger charge is 2.10. The van der Waals surface area contributed by atoms with Gasteiger partial charge in [0.15, 0.2) is 5.78 Å². The van der Waals surface area contributed by atoms with Crippen molar-refractivity contribution < 1.29 is 19.1 Å². The molecule has 1 aromatic rings. The van der Waals surface area contributed by atoms with Gasteiger partial charge in [0.1, 0.15) is 0 Å². The molecule has 0 atom stereocenters. The van der Waals surface area contributed by atoms with Gasteiger partial charge in [0.05, 0.1) is 20.1 Å². The zero-order valence-corrected chi connectivity index (χ0v) is 12.0. The lowest BCUT2D eigenvalue weighted by atomic mass is 10.1. The minimum atomic E-state index is -0.432. The highest BCUT2D eigenvalue weighted by Crippen LogP contribution is 2.09. The fourth-order valence-corrected chi connectivity index (χ4v) is 1.60. The maximum atomic E-state index is 11.9. The summed E-state index contributed by atoms with van der Waals surface area (Å²) in [5, 5.41) is 2.55. The predicted molar refractivity (Wildman–Crippen MR) is 74.5 cm³/mol. The highest BCUT2D eigenvalue weighted by atomic mass is 16.5. The van der Waals surface area contributed by atoms with Crippen molar-refractivity contribution in [2.24, 2.45) is 0 Å². The van der Waals surface area contributed by atoms with Gasteiger partial charge in [0, 0.05) is 12.0 Å². The molecule has 0 spiro atoms. The Bertz CT molecular complexity index is 523. The standard InChI is InChI=1S/C15H19NO4/c1-10-4-5-12(8-11(10)2)15(19)16-9-13(17)6-7-14(18)20-3/h4-5,8H,6-7,9H2,1-3H3,(H,16,19). The number of methoxy groups -OCH3 is 1. The van der Waals surface area contributed by atoms with Crippen molar-refractivity contribution in [2.75, 3.05) is 13.7 Å². The van der Waals surface area contributed by atoms with Crippen LogP contribution in [0.2, 0.25) is 0 Å². The molecule has 0 fully saturated rings. The molecule has 0 aliphatic heterocycles. The van der Waals surface area contributed by atoms with Crippen molar-refractivity contribution in [3.63, 3.8) is 0 Å². The van der Waals surface area contributed by atoms with E-state index in [1.165, 1.54) is 7.11 Å². The molecule has 0 heterocycles. The lowest BCUT2D eigenvalue weighted by Crippen LogP contribution is -2.29. The summed E-state index contributed by atoms with van der Waals surface area (Å²) in [5.41, 5.74) is 2.65. The van der Waals surface area contributed by atoms with Crippen LogP contribution in [0.4, 0.5) is 0 Å². The van der Waals surface area contributed by atoms with Gasteiger partial charge in [-0.05, 0) is 37.1 Å². The van der Waals surface area contributed by atoms with Gasteiger partial charge in [-0.15, -0.1) is 0 Å². The average Bonchev–Trinajstić information content (AvgIpc) is 2.44. The normalized spacial score (nSPS) is 9.95. The summed E-state index contributed by atoms with van der Waals surface area (Å²) in [4.78, 5) is 34.2. The second kappa shape index (κ2) is 7.43. The molecule has 0 saturated heterocycles. The molecule has 0 aliphatic rings. The van der Waals surface area contributed by atoms with E-state index in [1.54, 1.807) is 12.1 Å². The maximum Gasteiger partial charge on any atom is 0.305 e. The number of ether oxygens (including phenoxy) is 1. The third-order valence-electron chi connectivity index (χ3n) is 3.05. The van der Waals surface area contributed by atoms with Gasteiger partial charge >= 0.3 is 5.97 Å². The fraction of sp³-hybridized carbons (Fsp3) is 0.400. The number of esters is 1. The summed E-state index contributed by atoms with van der Waals surface area (Å²) >= 11 is 0. The van der Waals surface area contributed by atoms with Gasteiger partial charge in [-0.1, -0.05) is 6.07 Å². The second-order valence-corrected chi connectivity index (χ2v) is 4.60. The molecule has 0 saturated carbocycles. The van der Waals surface area contributed by atoms with E-state index in [-0.39, 0.29) is 31.1 Å². The largest absolute Gasteiger partial charge is 0.469 e. The van der Waals surface area contributed by atoms with Gasteiger partial charge in [0.25, 0.3) is 5.91 Å². The van der Waals surface area contributed by atoms with E-state index in [1.807, 2.05) is 19.9 Å².